The lowest BCUT2D eigenvalue weighted by molar-refractivity contribution is -0.131. The lowest BCUT2D eigenvalue weighted by atomic mass is 10.1. The van der Waals surface area contributed by atoms with Gasteiger partial charge in [0.25, 0.3) is 0 Å². The Morgan fingerprint density at radius 2 is 1.93 bits per heavy atom. The Morgan fingerprint density at radius 1 is 1.33 bits per heavy atom. The molecule has 1 rings (SSSR count). The van der Waals surface area contributed by atoms with Crippen LogP contribution < -0.4 is 0 Å². The summed E-state index contributed by atoms with van der Waals surface area (Å²) in [5, 5.41) is 8.51. The molecule has 0 aromatic heterocycles. The Balaban J connectivity index is 2.73. The van der Waals surface area contributed by atoms with Crippen LogP contribution in [0.25, 0.3) is 6.08 Å². The van der Waals surface area contributed by atoms with E-state index in [0.717, 1.165) is 11.1 Å². The van der Waals surface area contributed by atoms with Crippen LogP contribution in [-0.4, -0.2) is 11.1 Å². The van der Waals surface area contributed by atoms with Crippen molar-refractivity contribution in [1.29, 1.82) is 0 Å². The SMILES string of the molecule is CC(=C/C(=O)O)/C=C/c1ccc(I)cc1. The first kappa shape index (κ1) is 12.0. The predicted molar refractivity (Wildman–Crippen MR) is 69.6 cm³/mol. The molecule has 0 saturated carbocycles. The number of allylic oxidation sites excluding steroid dienone is 2. The van der Waals surface area contributed by atoms with Gasteiger partial charge < -0.3 is 5.11 Å². The van der Waals surface area contributed by atoms with Gasteiger partial charge in [0.1, 0.15) is 0 Å². The van der Waals surface area contributed by atoms with E-state index in [1.165, 1.54) is 9.65 Å². The van der Waals surface area contributed by atoms with Crippen LogP contribution in [0.15, 0.2) is 42.0 Å². The van der Waals surface area contributed by atoms with E-state index in [4.69, 9.17) is 5.11 Å². The highest BCUT2D eigenvalue weighted by atomic mass is 127. The number of hydrogen-bond acceptors (Lipinski definition) is 1. The largest absolute Gasteiger partial charge is 0.478 e. The van der Waals surface area contributed by atoms with E-state index in [1.807, 2.05) is 30.3 Å². The Kier molecular flexibility index (Phi) is 4.55. The van der Waals surface area contributed by atoms with Gasteiger partial charge in [-0.3, -0.25) is 0 Å². The maximum Gasteiger partial charge on any atom is 0.328 e. The molecule has 0 heterocycles. The zero-order valence-electron chi connectivity index (χ0n) is 8.27. The number of benzene rings is 1. The molecule has 1 aromatic carbocycles. The molecular formula is C12H11IO2. The van der Waals surface area contributed by atoms with Crippen LogP contribution in [0.1, 0.15) is 12.5 Å². The van der Waals surface area contributed by atoms with Crippen LogP contribution in [0.5, 0.6) is 0 Å². The van der Waals surface area contributed by atoms with Crippen LogP contribution in [0.3, 0.4) is 0 Å². The summed E-state index contributed by atoms with van der Waals surface area (Å²) in [5.74, 6) is -0.917. The van der Waals surface area contributed by atoms with Gasteiger partial charge in [-0.15, -0.1) is 0 Å². The van der Waals surface area contributed by atoms with Gasteiger partial charge in [0.2, 0.25) is 0 Å². The van der Waals surface area contributed by atoms with Crippen LogP contribution in [0, 0.1) is 3.57 Å². The smallest absolute Gasteiger partial charge is 0.328 e. The Bertz CT molecular complexity index is 402. The highest BCUT2D eigenvalue weighted by Gasteiger charge is 1.90. The number of aliphatic carboxylic acids is 1. The zero-order chi connectivity index (χ0) is 11.3. The fourth-order valence-corrected chi connectivity index (χ4v) is 1.40. The minimum Gasteiger partial charge on any atom is -0.478 e. The Hall–Kier alpha value is -1.10. The molecule has 0 amide bonds. The van der Waals surface area contributed by atoms with Gasteiger partial charge in [-0.2, -0.15) is 0 Å². The second kappa shape index (κ2) is 5.70. The normalized spacial score (nSPS) is 12.0. The summed E-state index contributed by atoms with van der Waals surface area (Å²) >= 11 is 2.24. The third kappa shape index (κ3) is 4.78. The first-order chi connectivity index (χ1) is 7.08. The van der Waals surface area contributed by atoms with Crippen LogP contribution in [0.4, 0.5) is 0 Å². The second-order valence-electron chi connectivity index (χ2n) is 3.11. The number of carboxylic acids is 1. The molecule has 0 atom stereocenters. The fraction of sp³-hybridized carbons (Fsp3) is 0.0833. The predicted octanol–water partition coefficient (Wildman–Crippen LogP) is 3.34. The molecule has 1 N–H and O–H groups in total. The number of carbonyl (C=O) groups is 1. The van der Waals surface area contributed by atoms with Crippen molar-refractivity contribution in [3.05, 3.63) is 51.1 Å². The number of rotatable bonds is 3. The van der Waals surface area contributed by atoms with Gasteiger partial charge in [0, 0.05) is 9.65 Å². The number of hydrogen-bond donors (Lipinski definition) is 1. The molecule has 0 bridgehead atoms. The molecule has 15 heavy (non-hydrogen) atoms. The van der Waals surface area contributed by atoms with Crippen LogP contribution in [0.2, 0.25) is 0 Å². The van der Waals surface area contributed by atoms with Crippen molar-refractivity contribution in [2.75, 3.05) is 0 Å². The highest BCUT2D eigenvalue weighted by Crippen LogP contribution is 2.09. The Labute approximate surface area is 102 Å². The Morgan fingerprint density at radius 3 is 2.47 bits per heavy atom. The molecule has 0 aliphatic carbocycles. The molecule has 3 heteroatoms. The first-order valence-electron chi connectivity index (χ1n) is 4.43. The second-order valence-corrected chi connectivity index (χ2v) is 4.36. The van der Waals surface area contributed by atoms with E-state index in [1.54, 1.807) is 13.0 Å². The molecule has 78 valence electrons. The maximum atomic E-state index is 10.4. The maximum absolute atomic E-state index is 10.4. The van der Waals surface area contributed by atoms with E-state index in [-0.39, 0.29) is 0 Å². The van der Waals surface area contributed by atoms with E-state index in [9.17, 15) is 4.79 Å². The van der Waals surface area contributed by atoms with Gasteiger partial charge in [-0.25, -0.2) is 4.79 Å². The summed E-state index contributed by atoms with van der Waals surface area (Å²) in [6, 6.07) is 8.01. The van der Waals surface area contributed by atoms with E-state index in [0.29, 0.717) is 0 Å². The quantitative estimate of drug-likeness (QED) is 0.528. The van der Waals surface area contributed by atoms with Gasteiger partial charge in [0.15, 0.2) is 0 Å². The van der Waals surface area contributed by atoms with Gasteiger partial charge in [0.05, 0.1) is 0 Å². The molecule has 0 fully saturated rings. The molecule has 1 aromatic rings. The topological polar surface area (TPSA) is 37.3 Å². The fourth-order valence-electron chi connectivity index (χ4n) is 1.04. The number of carboxylic acid groups (broad SMARTS) is 1. The lowest BCUT2D eigenvalue weighted by Crippen LogP contribution is -1.87. The van der Waals surface area contributed by atoms with Crippen molar-refractivity contribution in [3.8, 4) is 0 Å². The van der Waals surface area contributed by atoms with E-state index < -0.39 is 5.97 Å². The zero-order valence-corrected chi connectivity index (χ0v) is 10.4. The minimum atomic E-state index is -0.917. The summed E-state index contributed by atoms with van der Waals surface area (Å²) in [4.78, 5) is 10.4. The molecule has 0 saturated heterocycles. The molecular weight excluding hydrogens is 303 g/mol. The first-order valence-corrected chi connectivity index (χ1v) is 5.50. The monoisotopic (exact) mass is 314 g/mol. The standard InChI is InChI=1S/C12H11IO2/c1-9(8-12(14)15)2-3-10-4-6-11(13)7-5-10/h2-8H,1H3,(H,14,15)/b3-2+,9-8-. The van der Waals surface area contributed by atoms with Crippen molar-refractivity contribution in [1.82, 2.24) is 0 Å². The van der Waals surface area contributed by atoms with Crippen molar-refractivity contribution in [2.24, 2.45) is 0 Å². The molecule has 0 aliphatic rings. The molecule has 0 radical (unpaired) electrons. The van der Waals surface area contributed by atoms with Crippen LogP contribution >= 0.6 is 22.6 Å². The van der Waals surface area contributed by atoms with Crippen molar-refractivity contribution < 1.29 is 9.90 Å². The molecule has 0 aliphatic heterocycles. The molecule has 0 unspecified atom stereocenters. The minimum absolute atomic E-state index is 0.723. The van der Waals surface area contributed by atoms with Gasteiger partial charge >= 0.3 is 5.97 Å². The summed E-state index contributed by atoms with van der Waals surface area (Å²) in [7, 11) is 0. The van der Waals surface area contributed by atoms with E-state index in [2.05, 4.69) is 22.6 Å². The average molecular weight is 314 g/mol. The summed E-state index contributed by atoms with van der Waals surface area (Å²) in [6.07, 6.45) is 4.87. The molecule has 2 nitrogen and oxygen atoms in total. The van der Waals surface area contributed by atoms with Crippen LogP contribution in [-0.2, 0) is 4.79 Å². The van der Waals surface area contributed by atoms with Crippen molar-refractivity contribution in [3.63, 3.8) is 0 Å². The highest BCUT2D eigenvalue weighted by molar-refractivity contribution is 14.1. The van der Waals surface area contributed by atoms with Crippen molar-refractivity contribution in [2.45, 2.75) is 6.92 Å². The van der Waals surface area contributed by atoms with Crippen molar-refractivity contribution >= 4 is 34.6 Å². The number of halogens is 1. The average Bonchev–Trinajstić information content (AvgIpc) is 2.16. The lowest BCUT2D eigenvalue weighted by Gasteiger charge is -1.94. The summed E-state index contributed by atoms with van der Waals surface area (Å²) in [6.45, 7) is 1.76. The molecule has 0 spiro atoms. The summed E-state index contributed by atoms with van der Waals surface area (Å²) < 4.78 is 1.18. The van der Waals surface area contributed by atoms with Gasteiger partial charge in [-0.05, 0) is 52.8 Å². The van der Waals surface area contributed by atoms with E-state index >= 15 is 0 Å². The summed E-state index contributed by atoms with van der Waals surface area (Å²) in [5.41, 5.74) is 1.79. The van der Waals surface area contributed by atoms with Gasteiger partial charge in [-0.1, -0.05) is 24.3 Å². The third-order valence-corrected chi connectivity index (χ3v) is 2.48. The third-order valence-electron chi connectivity index (χ3n) is 1.76.